The molecule has 2 amide bonds. The fourth-order valence-electron chi connectivity index (χ4n) is 1.77. The van der Waals surface area contributed by atoms with E-state index in [0.29, 0.717) is 4.90 Å². The normalized spacial score (nSPS) is 11.6. The molecule has 26 heavy (non-hydrogen) atoms. The van der Waals surface area contributed by atoms with Crippen molar-refractivity contribution in [2.24, 2.45) is 0 Å². The van der Waals surface area contributed by atoms with Crippen LogP contribution in [0.1, 0.15) is 41.5 Å². The van der Waals surface area contributed by atoms with E-state index in [0.717, 1.165) is 6.20 Å². The molecular formula is C16H25BN2O7. The van der Waals surface area contributed by atoms with Gasteiger partial charge in [-0.2, -0.15) is 4.90 Å². The van der Waals surface area contributed by atoms with Gasteiger partial charge in [0.2, 0.25) is 0 Å². The number of hydrogen-bond donors (Lipinski definition) is 2. The number of nitrogens with zero attached hydrogens (tertiary/aromatic N) is 2. The fourth-order valence-corrected chi connectivity index (χ4v) is 1.77. The maximum atomic E-state index is 12.6. The Labute approximate surface area is 153 Å². The second kappa shape index (κ2) is 7.92. The molecule has 0 aromatic carbocycles. The molecular weight excluding hydrogens is 343 g/mol. The molecule has 0 saturated heterocycles. The number of carbonyl (C=O) groups excluding carboxylic acids is 2. The van der Waals surface area contributed by atoms with Crippen LogP contribution >= 0.6 is 0 Å². The smallest absolute Gasteiger partial charge is 0.490 e. The van der Waals surface area contributed by atoms with E-state index in [9.17, 15) is 19.6 Å². The van der Waals surface area contributed by atoms with Gasteiger partial charge in [0.05, 0.1) is 7.11 Å². The molecule has 1 aromatic heterocycles. The zero-order valence-corrected chi connectivity index (χ0v) is 16.1. The summed E-state index contributed by atoms with van der Waals surface area (Å²) in [7, 11) is -0.502. The number of rotatable bonds is 3. The van der Waals surface area contributed by atoms with Crippen molar-refractivity contribution in [3.63, 3.8) is 0 Å². The molecule has 1 rings (SSSR count). The number of imide groups is 1. The molecule has 0 radical (unpaired) electrons. The van der Waals surface area contributed by atoms with Crippen LogP contribution in [0, 0.1) is 0 Å². The van der Waals surface area contributed by atoms with Crippen LogP contribution in [0.25, 0.3) is 0 Å². The van der Waals surface area contributed by atoms with Crippen LogP contribution in [0.3, 0.4) is 0 Å². The van der Waals surface area contributed by atoms with E-state index >= 15 is 0 Å². The molecule has 0 unspecified atom stereocenters. The lowest BCUT2D eigenvalue weighted by Crippen LogP contribution is -2.44. The molecule has 0 bridgehead atoms. The largest absolute Gasteiger partial charge is 0.493 e. The van der Waals surface area contributed by atoms with E-state index in [1.54, 1.807) is 41.5 Å². The highest BCUT2D eigenvalue weighted by Gasteiger charge is 2.35. The van der Waals surface area contributed by atoms with E-state index < -0.39 is 30.5 Å². The minimum absolute atomic E-state index is 0.0268. The van der Waals surface area contributed by atoms with Crippen molar-refractivity contribution in [2.75, 3.05) is 12.0 Å². The van der Waals surface area contributed by atoms with Crippen molar-refractivity contribution in [1.29, 1.82) is 0 Å². The summed E-state index contributed by atoms with van der Waals surface area (Å²) in [5.41, 5.74) is -1.71. The highest BCUT2D eigenvalue weighted by molar-refractivity contribution is 6.58. The van der Waals surface area contributed by atoms with Crippen LogP contribution in [0.15, 0.2) is 12.3 Å². The number of ether oxygens (including phenoxy) is 3. The summed E-state index contributed by atoms with van der Waals surface area (Å²) in [6.07, 6.45) is -0.908. The number of carbonyl (C=O) groups is 2. The first-order chi connectivity index (χ1) is 11.7. The van der Waals surface area contributed by atoms with Crippen LogP contribution in [-0.4, -0.2) is 52.6 Å². The van der Waals surface area contributed by atoms with Crippen molar-refractivity contribution in [3.8, 4) is 5.75 Å². The van der Waals surface area contributed by atoms with Gasteiger partial charge in [0.15, 0.2) is 11.6 Å². The van der Waals surface area contributed by atoms with Crippen LogP contribution < -0.4 is 15.1 Å². The second-order valence-corrected chi connectivity index (χ2v) is 7.46. The summed E-state index contributed by atoms with van der Waals surface area (Å²) in [6, 6.07) is 1.24. The van der Waals surface area contributed by atoms with Crippen molar-refractivity contribution in [3.05, 3.63) is 12.3 Å². The van der Waals surface area contributed by atoms with Crippen LogP contribution in [0.4, 0.5) is 15.4 Å². The lowest BCUT2D eigenvalue weighted by Gasteiger charge is -2.28. The minimum atomic E-state index is -1.79. The first kappa shape index (κ1) is 21.7. The van der Waals surface area contributed by atoms with E-state index in [2.05, 4.69) is 4.98 Å². The zero-order valence-electron chi connectivity index (χ0n) is 16.1. The van der Waals surface area contributed by atoms with Crippen LogP contribution in [-0.2, 0) is 9.47 Å². The van der Waals surface area contributed by atoms with Crippen LogP contribution in [0.2, 0.25) is 0 Å². The van der Waals surface area contributed by atoms with Crippen LogP contribution in [0.5, 0.6) is 5.75 Å². The molecule has 0 atom stereocenters. The lowest BCUT2D eigenvalue weighted by atomic mass is 9.81. The average molecular weight is 368 g/mol. The predicted octanol–water partition coefficient (Wildman–Crippen LogP) is 1.45. The topological polar surface area (TPSA) is 118 Å². The predicted molar refractivity (Wildman–Crippen MR) is 95.6 cm³/mol. The number of pyridine rings is 1. The van der Waals surface area contributed by atoms with Gasteiger partial charge in [-0.3, -0.25) is 0 Å². The molecule has 2 N–H and O–H groups in total. The van der Waals surface area contributed by atoms with Gasteiger partial charge >= 0.3 is 19.3 Å². The highest BCUT2D eigenvalue weighted by atomic mass is 16.6. The number of anilines is 1. The molecule has 144 valence electrons. The van der Waals surface area contributed by atoms with E-state index in [1.807, 2.05) is 0 Å². The Morgan fingerprint density at radius 1 is 1.04 bits per heavy atom. The highest BCUT2D eigenvalue weighted by Crippen LogP contribution is 2.28. The maximum absolute atomic E-state index is 12.6. The maximum Gasteiger partial charge on any atom is 0.490 e. The standard InChI is InChI=1S/C16H25BN2O7/c1-15(2,3)25-13(20)19(14(21)26-16(4,5)6)12-11(24-7)8-10(9-18-12)17(22)23/h8-9,22-23H,1-7H3. The molecule has 1 aromatic rings. The van der Waals surface area contributed by atoms with Gasteiger partial charge < -0.3 is 24.3 Å². The van der Waals surface area contributed by atoms with E-state index in [1.165, 1.54) is 13.2 Å². The Morgan fingerprint density at radius 3 is 1.85 bits per heavy atom. The number of aromatic nitrogens is 1. The Kier molecular flexibility index (Phi) is 6.62. The van der Waals surface area contributed by atoms with Gasteiger partial charge in [-0.05, 0) is 47.6 Å². The lowest BCUT2D eigenvalue weighted by molar-refractivity contribution is 0.0427. The first-order valence-electron chi connectivity index (χ1n) is 7.91. The third-order valence-corrected chi connectivity index (χ3v) is 2.74. The number of hydrogen-bond acceptors (Lipinski definition) is 8. The first-order valence-corrected chi connectivity index (χ1v) is 7.91. The molecule has 0 aliphatic rings. The summed E-state index contributed by atoms with van der Waals surface area (Å²) < 4.78 is 15.7. The van der Waals surface area contributed by atoms with E-state index in [-0.39, 0.29) is 17.0 Å². The SMILES string of the molecule is COc1cc(B(O)O)cnc1N(C(=O)OC(C)(C)C)C(=O)OC(C)(C)C. The number of methoxy groups -OCH3 is 1. The summed E-state index contributed by atoms with van der Waals surface area (Å²) in [6.45, 7) is 9.88. The summed E-state index contributed by atoms with van der Waals surface area (Å²) in [4.78, 5) is 29.7. The van der Waals surface area contributed by atoms with Crippen molar-refractivity contribution < 1.29 is 33.8 Å². The van der Waals surface area contributed by atoms with Crippen molar-refractivity contribution in [1.82, 2.24) is 4.98 Å². The van der Waals surface area contributed by atoms with Gasteiger partial charge in [-0.15, -0.1) is 0 Å². The number of amides is 2. The summed E-state index contributed by atoms with van der Waals surface area (Å²) in [5.74, 6) is -0.229. The molecule has 0 saturated carbocycles. The third kappa shape index (κ3) is 6.19. The fraction of sp³-hybridized carbons (Fsp3) is 0.562. The van der Waals surface area contributed by atoms with Gasteiger partial charge in [-0.25, -0.2) is 14.6 Å². The zero-order chi connectivity index (χ0) is 20.3. The Morgan fingerprint density at radius 2 is 1.50 bits per heavy atom. The molecule has 0 aliphatic heterocycles. The van der Waals surface area contributed by atoms with Gasteiger partial charge in [0.1, 0.15) is 11.2 Å². The van der Waals surface area contributed by atoms with Crippen molar-refractivity contribution >= 4 is 30.6 Å². The third-order valence-electron chi connectivity index (χ3n) is 2.74. The second-order valence-electron chi connectivity index (χ2n) is 7.46. The Hall–Kier alpha value is -2.33. The van der Waals surface area contributed by atoms with Gasteiger partial charge in [0.25, 0.3) is 0 Å². The summed E-state index contributed by atoms with van der Waals surface area (Å²) >= 11 is 0. The summed E-state index contributed by atoms with van der Waals surface area (Å²) in [5, 5.41) is 18.5. The molecule has 1 heterocycles. The molecule has 9 nitrogen and oxygen atoms in total. The minimum Gasteiger partial charge on any atom is -0.493 e. The molecule has 0 fully saturated rings. The van der Waals surface area contributed by atoms with E-state index in [4.69, 9.17) is 14.2 Å². The molecule has 0 aliphatic carbocycles. The Balaban J connectivity index is 3.40. The molecule has 0 spiro atoms. The average Bonchev–Trinajstić information content (AvgIpc) is 2.43. The van der Waals surface area contributed by atoms with Gasteiger partial charge in [-0.1, -0.05) is 0 Å². The monoisotopic (exact) mass is 368 g/mol. The van der Waals surface area contributed by atoms with Gasteiger partial charge in [0, 0.05) is 11.7 Å². The van der Waals surface area contributed by atoms with Crippen molar-refractivity contribution in [2.45, 2.75) is 52.7 Å². The quantitative estimate of drug-likeness (QED) is 0.770. The Bertz CT molecular complexity index is 638. The molecule has 10 heteroatoms.